The van der Waals surface area contributed by atoms with Crippen molar-refractivity contribution >= 4 is 0 Å². The third kappa shape index (κ3) is 2.41. The van der Waals surface area contributed by atoms with E-state index in [2.05, 4.69) is 6.92 Å². The van der Waals surface area contributed by atoms with Crippen LogP contribution in [-0.2, 0) is 0 Å². The van der Waals surface area contributed by atoms with Gasteiger partial charge in [0.25, 0.3) is 0 Å². The highest BCUT2D eigenvalue weighted by Gasteiger charge is 2.15. The first kappa shape index (κ1) is 11.5. The molecule has 0 aliphatic carbocycles. The Kier molecular flexibility index (Phi) is 3.33. The fraction of sp³-hybridized carbons (Fsp3) is 0.200. The second-order valence-corrected chi connectivity index (χ2v) is 4.11. The van der Waals surface area contributed by atoms with Gasteiger partial charge < -0.3 is 10.2 Å². The van der Waals surface area contributed by atoms with E-state index in [1.54, 1.807) is 18.2 Å². The van der Waals surface area contributed by atoms with Gasteiger partial charge >= 0.3 is 0 Å². The van der Waals surface area contributed by atoms with Crippen molar-refractivity contribution in [2.45, 2.75) is 19.3 Å². The molecule has 0 amide bonds. The molecule has 1 atom stereocenters. The van der Waals surface area contributed by atoms with E-state index in [1.165, 1.54) is 0 Å². The van der Waals surface area contributed by atoms with E-state index in [-0.39, 0.29) is 11.7 Å². The average molecular weight is 228 g/mol. The highest BCUT2D eigenvalue weighted by molar-refractivity contribution is 5.42. The first-order valence-electron chi connectivity index (χ1n) is 5.79. The number of benzene rings is 2. The lowest BCUT2D eigenvalue weighted by Crippen LogP contribution is -1.99. The Bertz CT molecular complexity index is 506. The van der Waals surface area contributed by atoms with Crippen molar-refractivity contribution in [1.29, 1.82) is 0 Å². The monoisotopic (exact) mass is 228 g/mol. The fourth-order valence-corrected chi connectivity index (χ4v) is 2.16. The molecule has 0 saturated heterocycles. The van der Waals surface area contributed by atoms with Gasteiger partial charge in [0.05, 0.1) is 0 Å². The van der Waals surface area contributed by atoms with Gasteiger partial charge in [-0.3, -0.25) is 0 Å². The van der Waals surface area contributed by atoms with Crippen molar-refractivity contribution in [2.75, 3.05) is 0 Å². The third-order valence-corrected chi connectivity index (χ3v) is 2.99. The van der Waals surface area contributed by atoms with Gasteiger partial charge in [-0.2, -0.15) is 0 Å². The molecule has 2 rings (SSSR count). The van der Waals surface area contributed by atoms with Crippen LogP contribution in [0.15, 0.2) is 48.5 Å². The lowest BCUT2D eigenvalue weighted by Gasteiger charge is -2.17. The molecule has 88 valence electrons. The van der Waals surface area contributed by atoms with Crippen LogP contribution in [0, 0.1) is 0 Å². The lowest BCUT2D eigenvalue weighted by molar-refractivity contribution is 0.462. The number of para-hydroxylation sites is 1. The van der Waals surface area contributed by atoms with E-state index < -0.39 is 0 Å². The molecule has 2 heteroatoms. The third-order valence-electron chi connectivity index (χ3n) is 2.99. The maximum atomic E-state index is 9.88. The summed E-state index contributed by atoms with van der Waals surface area (Å²) >= 11 is 0. The number of phenolic OH excluding ortho intramolecular Hbond substituents is 2. The Hall–Kier alpha value is -1.96. The molecule has 0 bridgehead atoms. The zero-order valence-electron chi connectivity index (χ0n) is 9.80. The molecule has 0 aliphatic rings. The number of hydrogen-bond acceptors (Lipinski definition) is 2. The highest BCUT2D eigenvalue weighted by Crippen LogP contribution is 2.34. The first-order chi connectivity index (χ1) is 8.22. The zero-order valence-corrected chi connectivity index (χ0v) is 9.80. The molecule has 2 aromatic rings. The van der Waals surface area contributed by atoms with Gasteiger partial charge in [-0.05, 0) is 30.2 Å². The van der Waals surface area contributed by atoms with Crippen LogP contribution in [0.4, 0.5) is 0 Å². The fourth-order valence-electron chi connectivity index (χ4n) is 2.16. The molecule has 2 aromatic carbocycles. The summed E-state index contributed by atoms with van der Waals surface area (Å²) in [4.78, 5) is 0. The summed E-state index contributed by atoms with van der Waals surface area (Å²) in [6.45, 7) is 2.07. The maximum Gasteiger partial charge on any atom is 0.119 e. The Balaban J connectivity index is 2.44. The van der Waals surface area contributed by atoms with Gasteiger partial charge in [-0.1, -0.05) is 37.3 Å². The summed E-state index contributed by atoms with van der Waals surface area (Å²) in [5.41, 5.74) is 1.93. The lowest BCUT2D eigenvalue weighted by atomic mass is 9.88. The summed E-state index contributed by atoms with van der Waals surface area (Å²) in [6, 6.07) is 14.6. The van der Waals surface area contributed by atoms with Crippen LogP contribution in [0.1, 0.15) is 30.4 Å². The van der Waals surface area contributed by atoms with Crippen molar-refractivity contribution in [1.82, 2.24) is 0 Å². The Morgan fingerprint density at radius 1 is 1.00 bits per heavy atom. The summed E-state index contributed by atoms with van der Waals surface area (Å²) in [6.07, 6.45) is 0.876. The van der Waals surface area contributed by atoms with Gasteiger partial charge in [0.15, 0.2) is 0 Å². The van der Waals surface area contributed by atoms with Crippen LogP contribution < -0.4 is 0 Å². The summed E-state index contributed by atoms with van der Waals surface area (Å²) in [7, 11) is 0. The molecule has 2 N–H and O–H groups in total. The number of phenols is 2. The number of hydrogen-bond donors (Lipinski definition) is 2. The molecule has 0 fully saturated rings. The Morgan fingerprint density at radius 3 is 2.41 bits per heavy atom. The number of rotatable bonds is 3. The van der Waals surface area contributed by atoms with E-state index in [4.69, 9.17) is 0 Å². The predicted molar refractivity (Wildman–Crippen MR) is 68.3 cm³/mol. The van der Waals surface area contributed by atoms with Crippen LogP contribution in [0.25, 0.3) is 0 Å². The first-order valence-corrected chi connectivity index (χ1v) is 5.79. The summed E-state index contributed by atoms with van der Waals surface area (Å²) in [5, 5.41) is 19.4. The Labute approximate surface area is 101 Å². The smallest absolute Gasteiger partial charge is 0.119 e. The molecule has 1 unspecified atom stereocenters. The van der Waals surface area contributed by atoms with Gasteiger partial charge in [-0.15, -0.1) is 0 Å². The van der Waals surface area contributed by atoms with E-state index in [9.17, 15) is 10.2 Å². The largest absolute Gasteiger partial charge is 0.508 e. The van der Waals surface area contributed by atoms with Crippen LogP contribution in [0.3, 0.4) is 0 Å². The minimum absolute atomic E-state index is 0.114. The van der Waals surface area contributed by atoms with Crippen molar-refractivity contribution < 1.29 is 10.2 Å². The van der Waals surface area contributed by atoms with Gasteiger partial charge in [-0.25, -0.2) is 0 Å². The van der Waals surface area contributed by atoms with Crippen molar-refractivity contribution in [2.24, 2.45) is 0 Å². The normalized spacial score (nSPS) is 12.3. The molecule has 0 saturated carbocycles. The zero-order chi connectivity index (χ0) is 12.3. The second kappa shape index (κ2) is 4.91. The molecular weight excluding hydrogens is 212 g/mol. The maximum absolute atomic E-state index is 9.88. The van der Waals surface area contributed by atoms with Crippen LogP contribution in [0.5, 0.6) is 11.5 Å². The SMILES string of the molecule is CCC(c1cccc(O)c1)c1ccccc1O. The van der Waals surface area contributed by atoms with E-state index >= 15 is 0 Å². The molecule has 2 nitrogen and oxygen atoms in total. The molecule has 0 radical (unpaired) electrons. The van der Waals surface area contributed by atoms with Crippen LogP contribution >= 0.6 is 0 Å². The molecule has 17 heavy (non-hydrogen) atoms. The van der Waals surface area contributed by atoms with Gasteiger partial charge in [0.1, 0.15) is 11.5 Å². The topological polar surface area (TPSA) is 40.5 Å². The molecule has 0 spiro atoms. The van der Waals surface area contributed by atoms with E-state index in [1.807, 2.05) is 30.3 Å². The van der Waals surface area contributed by atoms with E-state index in [0.717, 1.165) is 17.5 Å². The van der Waals surface area contributed by atoms with Gasteiger partial charge in [0, 0.05) is 11.5 Å². The molecule has 0 aromatic heterocycles. The summed E-state index contributed by atoms with van der Waals surface area (Å²) in [5.74, 6) is 0.683. The quantitative estimate of drug-likeness (QED) is 0.842. The minimum Gasteiger partial charge on any atom is -0.508 e. The van der Waals surface area contributed by atoms with Crippen LogP contribution in [-0.4, -0.2) is 10.2 Å². The van der Waals surface area contributed by atoms with Crippen molar-refractivity contribution in [3.8, 4) is 11.5 Å². The molecular formula is C15H16O2. The van der Waals surface area contributed by atoms with Crippen molar-refractivity contribution in [3.63, 3.8) is 0 Å². The second-order valence-electron chi connectivity index (χ2n) is 4.11. The number of aromatic hydroxyl groups is 2. The average Bonchev–Trinajstić information content (AvgIpc) is 2.33. The van der Waals surface area contributed by atoms with Crippen LogP contribution in [0.2, 0.25) is 0 Å². The molecule has 0 aliphatic heterocycles. The molecule has 0 heterocycles. The van der Waals surface area contributed by atoms with Crippen molar-refractivity contribution in [3.05, 3.63) is 59.7 Å². The predicted octanol–water partition coefficient (Wildman–Crippen LogP) is 3.64. The Morgan fingerprint density at radius 2 is 1.76 bits per heavy atom. The highest BCUT2D eigenvalue weighted by atomic mass is 16.3. The minimum atomic E-state index is 0.114. The van der Waals surface area contributed by atoms with E-state index in [0.29, 0.717) is 5.75 Å². The summed E-state index contributed by atoms with van der Waals surface area (Å²) < 4.78 is 0. The standard InChI is InChI=1S/C15H16O2/c1-2-13(11-6-5-7-12(16)10-11)14-8-3-4-9-15(14)17/h3-10,13,16-17H,2H2,1H3. The van der Waals surface area contributed by atoms with Gasteiger partial charge in [0.2, 0.25) is 0 Å².